The number of fused-ring (bicyclic) bond motifs is 1. The Morgan fingerprint density at radius 2 is 1.83 bits per heavy atom. The summed E-state index contributed by atoms with van der Waals surface area (Å²) >= 11 is 0. The Labute approximate surface area is 178 Å². The third-order valence-corrected chi connectivity index (χ3v) is 6.09. The molecule has 2 aromatic carbocycles. The molecule has 4 rings (SSSR count). The molecule has 2 N–H and O–H groups in total. The van der Waals surface area contributed by atoms with Crippen molar-refractivity contribution in [2.24, 2.45) is 0 Å². The van der Waals surface area contributed by atoms with Crippen LogP contribution in [0.25, 0.3) is 0 Å². The molecule has 1 fully saturated rings. The van der Waals surface area contributed by atoms with Gasteiger partial charge in [0.2, 0.25) is 0 Å². The highest BCUT2D eigenvalue weighted by atomic mass is 16.5. The number of hydrogen-bond donors (Lipinski definition) is 2. The first kappa shape index (κ1) is 20.4. The van der Waals surface area contributed by atoms with Gasteiger partial charge in [-0.05, 0) is 35.9 Å². The molecule has 156 valence electrons. The molecule has 0 radical (unpaired) electrons. The van der Waals surface area contributed by atoms with Gasteiger partial charge in [0.15, 0.2) is 6.54 Å². The van der Waals surface area contributed by atoms with Crippen molar-refractivity contribution in [2.75, 3.05) is 50.8 Å². The highest BCUT2D eigenvalue weighted by molar-refractivity contribution is 5.94. The number of para-hydroxylation sites is 1. The Bertz CT molecular complexity index is 901. The van der Waals surface area contributed by atoms with Gasteiger partial charge in [0.05, 0.1) is 19.1 Å². The number of amides is 1. The quantitative estimate of drug-likeness (QED) is 0.673. The molecule has 2 aromatic rings. The Kier molecular flexibility index (Phi) is 6.63. The van der Waals surface area contributed by atoms with Crippen LogP contribution in [0.4, 0.5) is 5.69 Å². The highest BCUT2D eigenvalue weighted by Crippen LogP contribution is 2.25. The average Bonchev–Trinajstić information content (AvgIpc) is 3.24. The second kappa shape index (κ2) is 9.75. The van der Waals surface area contributed by atoms with Crippen molar-refractivity contribution < 1.29 is 19.3 Å². The Hall–Kier alpha value is -2.88. The summed E-state index contributed by atoms with van der Waals surface area (Å²) in [6, 6.07) is 18.4. The molecule has 0 spiro atoms. The summed E-state index contributed by atoms with van der Waals surface area (Å²) < 4.78 is 5.61. The zero-order valence-electron chi connectivity index (χ0n) is 17.4. The first-order chi connectivity index (χ1) is 14.7. The largest absolute Gasteiger partial charge is 0.493 e. The minimum Gasteiger partial charge on any atom is -0.493 e. The van der Waals surface area contributed by atoms with Crippen LogP contribution in [-0.4, -0.2) is 51.8 Å². The minimum absolute atomic E-state index is 0.105. The van der Waals surface area contributed by atoms with Gasteiger partial charge in [0, 0.05) is 24.2 Å². The van der Waals surface area contributed by atoms with E-state index in [0.29, 0.717) is 19.5 Å². The predicted octanol–water partition coefficient (Wildman–Crippen LogP) is -0.148. The lowest BCUT2D eigenvalue weighted by Crippen LogP contribution is -3.28. The molecular weight excluding hydrogens is 376 g/mol. The van der Waals surface area contributed by atoms with Crippen molar-refractivity contribution in [3.63, 3.8) is 0 Å². The van der Waals surface area contributed by atoms with Crippen molar-refractivity contribution >= 4 is 11.6 Å². The number of benzene rings is 2. The maximum atomic E-state index is 13.0. The molecule has 0 saturated carbocycles. The van der Waals surface area contributed by atoms with Gasteiger partial charge in [-0.2, -0.15) is 5.26 Å². The van der Waals surface area contributed by atoms with Gasteiger partial charge in [-0.1, -0.05) is 18.2 Å². The number of hydrogen-bond acceptors (Lipinski definition) is 3. The maximum absolute atomic E-state index is 13.0. The number of rotatable bonds is 7. The molecule has 6 nitrogen and oxygen atoms in total. The molecule has 0 atom stereocenters. The Morgan fingerprint density at radius 1 is 1.07 bits per heavy atom. The summed E-state index contributed by atoms with van der Waals surface area (Å²) in [5.41, 5.74) is 3.59. The van der Waals surface area contributed by atoms with E-state index in [-0.39, 0.29) is 5.91 Å². The van der Waals surface area contributed by atoms with E-state index in [9.17, 15) is 4.79 Å². The van der Waals surface area contributed by atoms with Gasteiger partial charge < -0.3 is 19.4 Å². The fourth-order valence-electron chi connectivity index (χ4n) is 4.43. The van der Waals surface area contributed by atoms with Crippen LogP contribution in [-0.2, 0) is 17.8 Å². The fraction of sp³-hybridized carbons (Fsp3) is 0.417. The lowest BCUT2D eigenvalue weighted by molar-refractivity contribution is -1.02. The van der Waals surface area contributed by atoms with E-state index in [1.165, 1.54) is 16.0 Å². The number of ether oxygens (including phenoxy) is 1. The van der Waals surface area contributed by atoms with E-state index >= 15 is 0 Å². The molecule has 0 bridgehead atoms. The summed E-state index contributed by atoms with van der Waals surface area (Å²) in [7, 11) is 0. The topological polar surface area (TPSA) is 62.2 Å². The molecule has 6 heteroatoms. The number of carbonyl (C=O) groups excluding carboxylic acids is 1. The molecule has 2 aliphatic rings. The number of quaternary nitrogens is 2. The summed E-state index contributed by atoms with van der Waals surface area (Å²) in [4.78, 5) is 17.7. The molecule has 30 heavy (non-hydrogen) atoms. The summed E-state index contributed by atoms with van der Waals surface area (Å²) in [6.45, 7) is 6.91. The molecule has 1 saturated heterocycles. The zero-order chi connectivity index (χ0) is 20.8. The van der Waals surface area contributed by atoms with Crippen molar-refractivity contribution in [3.8, 4) is 11.8 Å². The van der Waals surface area contributed by atoms with Gasteiger partial charge in [-0.25, -0.2) is 0 Å². The number of piperazine rings is 1. The van der Waals surface area contributed by atoms with Gasteiger partial charge in [0.25, 0.3) is 5.91 Å². The van der Waals surface area contributed by atoms with Crippen molar-refractivity contribution in [1.82, 2.24) is 0 Å². The Balaban J connectivity index is 1.29. The van der Waals surface area contributed by atoms with Crippen LogP contribution in [0.3, 0.4) is 0 Å². The van der Waals surface area contributed by atoms with Crippen LogP contribution in [0.1, 0.15) is 17.5 Å². The molecule has 1 amide bonds. The molecule has 0 aromatic heterocycles. The van der Waals surface area contributed by atoms with Crippen LogP contribution in [0.2, 0.25) is 0 Å². The maximum Gasteiger partial charge on any atom is 0.282 e. The SMILES string of the molecule is N#CCCN(C(=O)C[NH+]1CC[NH+](Cc2ccc3c(c2)CCO3)CC1)c1ccccc1. The van der Waals surface area contributed by atoms with E-state index in [1.54, 1.807) is 9.80 Å². The normalized spacial score (nSPS) is 20.1. The van der Waals surface area contributed by atoms with E-state index in [2.05, 4.69) is 24.3 Å². The predicted molar refractivity (Wildman–Crippen MR) is 115 cm³/mol. The third-order valence-electron chi connectivity index (χ3n) is 6.09. The van der Waals surface area contributed by atoms with Gasteiger partial charge >= 0.3 is 0 Å². The summed E-state index contributed by atoms with van der Waals surface area (Å²) in [6.07, 6.45) is 1.36. The van der Waals surface area contributed by atoms with Crippen LogP contribution in [0, 0.1) is 11.3 Å². The van der Waals surface area contributed by atoms with Gasteiger partial charge in [-0.15, -0.1) is 0 Å². The van der Waals surface area contributed by atoms with Crippen LogP contribution in [0.15, 0.2) is 48.5 Å². The van der Waals surface area contributed by atoms with E-state index in [0.717, 1.165) is 57.2 Å². The first-order valence-electron chi connectivity index (χ1n) is 10.9. The van der Waals surface area contributed by atoms with Gasteiger partial charge in [0.1, 0.15) is 38.5 Å². The number of nitrogens with zero attached hydrogens (tertiary/aromatic N) is 2. The van der Waals surface area contributed by atoms with Crippen LogP contribution >= 0.6 is 0 Å². The molecule has 2 heterocycles. The standard InChI is InChI=1S/C24H28N4O2/c25-10-4-11-28(22-5-2-1-3-6-22)24(29)19-27-14-12-26(13-15-27)18-20-7-8-23-21(17-20)9-16-30-23/h1-3,5-8,17H,4,9,11-16,18-19H2/p+2. The number of carbonyl (C=O) groups is 1. The number of nitrogens with one attached hydrogen (secondary N) is 2. The summed E-state index contributed by atoms with van der Waals surface area (Å²) in [5, 5.41) is 8.96. The zero-order valence-corrected chi connectivity index (χ0v) is 17.4. The van der Waals surface area contributed by atoms with Crippen LogP contribution in [0.5, 0.6) is 5.75 Å². The lowest BCUT2D eigenvalue weighted by Gasteiger charge is -2.31. The van der Waals surface area contributed by atoms with Crippen molar-refractivity contribution in [1.29, 1.82) is 5.26 Å². The third kappa shape index (κ3) is 4.99. The second-order valence-corrected chi connectivity index (χ2v) is 8.18. The molecular formula is C24H30N4O2+2. The first-order valence-corrected chi connectivity index (χ1v) is 10.9. The molecule has 2 aliphatic heterocycles. The van der Waals surface area contributed by atoms with Crippen LogP contribution < -0.4 is 19.4 Å². The molecule has 0 unspecified atom stereocenters. The van der Waals surface area contributed by atoms with Gasteiger partial charge in [-0.3, -0.25) is 4.79 Å². The Morgan fingerprint density at radius 3 is 2.60 bits per heavy atom. The highest BCUT2D eigenvalue weighted by Gasteiger charge is 2.27. The number of nitriles is 1. The number of anilines is 1. The van der Waals surface area contributed by atoms with Crippen molar-refractivity contribution in [2.45, 2.75) is 19.4 Å². The lowest BCUT2D eigenvalue weighted by atomic mass is 10.1. The molecule has 0 aliphatic carbocycles. The monoisotopic (exact) mass is 406 g/mol. The van der Waals surface area contributed by atoms with E-state index < -0.39 is 0 Å². The fourth-order valence-corrected chi connectivity index (χ4v) is 4.43. The minimum atomic E-state index is 0.105. The van der Waals surface area contributed by atoms with Crippen molar-refractivity contribution in [3.05, 3.63) is 59.7 Å². The second-order valence-electron chi connectivity index (χ2n) is 8.18. The smallest absolute Gasteiger partial charge is 0.282 e. The van der Waals surface area contributed by atoms with E-state index in [1.807, 2.05) is 30.3 Å². The summed E-state index contributed by atoms with van der Waals surface area (Å²) in [5.74, 6) is 1.15. The van der Waals surface area contributed by atoms with E-state index in [4.69, 9.17) is 10.00 Å². The average molecular weight is 407 g/mol.